The van der Waals surface area contributed by atoms with E-state index in [2.05, 4.69) is 4.98 Å². The predicted octanol–water partition coefficient (Wildman–Crippen LogP) is 3.92. The van der Waals surface area contributed by atoms with Crippen LogP contribution in [-0.2, 0) is 0 Å². The summed E-state index contributed by atoms with van der Waals surface area (Å²) in [7, 11) is 3.85. The number of hydrogen-bond acceptors (Lipinski definition) is 6. The molecule has 0 spiro atoms. The highest BCUT2D eigenvalue weighted by atomic mass is 16.6. The largest absolute Gasteiger partial charge is 0.319 e. The fourth-order valence-corrected chi connectivity index (χ4v) is 3.03. The standard InChI is InChI=1S/C22H22N4O3/c1-24(2)15-16-25(22-20(26(28)29)13-8-14-23-22)19-12-7-6-11-18(19)21(27)17-9-4-3-5-10-17/h3-14H,15-16H2,1-2H3. The first-order valence-electron chi connectivity index (χ1n) is 9.19. The highest BCUT2D eigenvalue weighted by Crippen LogP contribution is 2.34. The summed E-state index contributed by atoms with van der Waals surface area (Å²) >= 11 is 0. The lowest BCUT2D eigenvalue weighted by Gasteiger charge is -2.27. The van der Waals surface area contributed by atoms with E-state index in [4.69, 9.17) is 0 Å². The maximum atomic E-state index is 13.2. The van der Waals surface area contributed by atoms with E-state index in [-0.39, 0.29) is 17.3 Å². The third-order valence-corrected chi connectivity index (χ3v) is 4.46. The monoisotopic (exact) mass is 390 g/mol. The van der Waals surface area contributed by atoms with Gasteiger partial charge in [0, 0.05) is 36.5 Å². The van der Waals surface area contributed by atoms with Gasteiger partial charge in [-0.1, -0.05) is 42.5 Å². The minimum atomic E-state index is -0.452. The number of likely N-dealkylation sites (N-methyl/N-ethyl adjacent to an activating group) is 1. The number of pyridine rings is 1. The molecule has 0 unspecified atom stereocenters. The Balaban J connectivity index is 2.13. The molecule has 7 nitrogen and oxygen atoms in total. The Morgan fingerprint density at radius 1 is 0.966 bits per heavy atom. The van der Waals surface area contributed by atoms with Crippen LogP contribution in [0.1, 0.15) is 15.9 Å². The Morgan fingerprint density at radius 2 is 1.66 bits per heavy atom. The average molecular weight is 390 g/mol. The molecule has 0 aliphatic heterocycles. The van der Waals surface area contributed by atoms with Gasteiger partial charge in [-0.15, -0.1) is 0 Å². The fourth-order valence-electron chi connectivity index (χ4n) is 3.03. The Morgan fingerprint density at radius 3 is 2.34 bits per heavy atom. The highest BCUT2D eigenvalue weighted by Gasteiger charge is 2.25. The van der Waals surface area contributed by atoms with Gasteiger partial charge in [0.25, 0.3) is 0 Å². The van der Waals surface area contributed by atoms with Crippen molar-refractivity contribution in [3.8, 4) is 0 Å². The molecule has 0 amide bonds. The van der Waals surface area contributed by atoms with Crippen LogP contribution in [0.3, 0.4) is 0 Å². The fraction of sp³-hybridized carbons (Fsp3) is 0.182. The Labute approximate surface area is 169 Å². The number of anilines is 2. The Bertz CT molecular complexity index is 1010. The van der Waals surface area contributed by atoms with Crippen LogP contribution in [0.2, 0.25) is 0 Å². The predicted molar refractivity (Wildman–Crippen MR) is 113 cm³/mol. The van der Waals surface area contributed by atoms with Gasteiger partial charge in [0.2, 0.25) is 5.82 Å². The van der Waals surface area contributed by atoms with Crippen LogP contribution >= 0.6 is 0 Å². The zero-order valence-corrected chi connectivity index (χ0v) is 16.4. The van der Waals surface area contributed by atoms with Crippen molar-refractivity contribution in [2.75, 3.05) is 32.1 Å². The topological polar surface area (TPSA) is 79.6 Å². The summed E-state index contributed by atoms with van der Waals surface area (Å²) in [6.45, 7) is 1.06. The first-order chi connectivity index (χ1) is 14.0. The van der Waals surface area contributed by atoms with E-state index >= 15 is 0 Å². The molecule has 7 heteroatoms. The van der Waals surface area contributed by atoms with E-state index in [1.807, 2.05) is 43.3 Å². The van der Waals surface area contributed by atoms with Crippen molar-refractivity contribution in [3.05, 3.63) is 94.2 Å². The van der Waals surface area contributed by atoms with Crippen molar-refractivity contribution in [2.45, 2.75) is 0 Å². The number of rotatable bonds is 8. The van der Waals surface area contributed by atoms with E-state index in [0.717, 1.165) is 0 Å². The molecule has 3 aromatic rings. The number of aromatic nitrogens is 1. The van der Waals surface area contributed by atoms with Gasteiger partial charge in [0.15, 0.2) is 5.78 Å². The van der Waals surface area contributed by atoms with E-state index in [1.54, 1.807) is 35.2 Å². The Hall–Kier alpha value is -3.58. The van der Waals surface area contributed by atoms with Crippen LogP contribution in [0.15, 0.2) is 72.9 Å². The van der Waals surface area contributed by atoms with Crippen molar-refractivity contribution in [2.24, 2.45) is 0 Å². The summed E-state index contributed by atoms with van der Waals surface area (Å²) in [5.41, 5.74) is 1.51. The summed E-state index contributed by atoms with van der Waals surface area (Å²) in [6.07, 6.45) is 1.52. The van der Waals surface area contributed by atoms with Gasteiger partial charge in [-0.2, -0.15) is 0 Å². The van der Waals surface area contributed by atoms with E-state index in [1.165, 1.54) is 18.3 Å². The molecule has 0 saturated heterocycles. The smallest absolute Gasteiger partial charge is 0.311 e. The van der Waals surface area contributed by atoms with Crippen molar-refractivity contribution in [1.29, 1.82) is 0 Å². The number of nitrogens with zero attached hydrogens (tertiary/aromatic N) is 4. The lowest BCUT2D eigenvalue weighted by atomic mass is 10.0. The van der Waals surface area contributed by atoms with Gasteiger partial charge in [-0.05, 0) is 32.3 Å². The number of nitro groups is 1. The first-order valence-corrected chi connectivity index (χ1v) is 9.19. The quantitative estimate of drug-likeness (QED) is 0.329. The SMILES string of the molecule is CN(C)CCN(c1ccccc1C(=O)c1ccccc1)c1ncccc1[N+](=O)[O-]. The molecule has 1 aromatic heterocycles. The van der Waals surface area contributed by atoms with Gasteiger partial charge in [0.05, 0.1) is 10.6 Å². The van der Waals surface area contributed by atoms with Gasteiger partial charge >= 0.3 is 5.69 Å². The van der Waals surface area contributed by atoms with Gasteiger partial charge < -0.3 is 9.80 Å². The maximum Gasteiger partial charge on any atom is 0.311 e. The normalized spacial score (nSPS) is 10.7. The van der Waals surface area contributed by atoms with Crippen molar-refractivity contribution >= 4 is 23.0 Å². The van der Waals surface area contributed by atoms with Crippen LogP contribution in [0.4, 0.5) is 17.2 Å². The molecular weight excluding hydrogens is 368 g/mol. The summed E-state index contributed by atoms with van der Waals surface area (Å²) < 4.78 is 0. The number of benzene rings is 2. The summed E-state index contributed by atoms with van der Waals surface area (Å²) in [6, 6.07) is 19.1. The first kappa shape index (κ1) is 20.2. The van der Waals surface area contributed by atoms with Crippen LogP contribution in [0.5, 0.6) is 0 Å². The summed E-state index contributed by atoms with van der Waals surface area (Å²) in [5, 5.41) is 11.6. The third kappa shape index (κ3) is 4.64. The van der Waals surface area contributed by atoms with Crippen molar-refractivity contribution in [1.82, 2.24) is 9.88 Å². The second-order valence-corrected chi connectivity index (χ2v) is 6.77. The van der Waals surface area contributed by atoms with Gasteiger partial charge in [-0.25, -0.2) is 4.98 Å². The van der Waals surface area contributed by atoms with E-state index in [0.29, 0.717) is 29.9 Å². The number of hydrogen-bond donors (Lipinski definition) is 0. The van der Waals surface area contributed by atoms with Gasteiger partial charge in [0.1, 0.15) is 0 Å². The lowest BCUT2D eigenvalue weighted by Crippen LogP contribution is -2.30. The molecule has 0 aliphatic carbocycles. The molecule has 0 bridgehead atoms. The van der Waals surface area contributed by atoms with Crippen LogP contribution < -0.4 is 4.90 Å². The molecule has 0 atom stereocenters. The second-order valence-electron chi connectivity index (χ2n) is 6.77. The number of carbonyl (C=O) groups excluding carboxylic acids is 1. The average Bonchev–Trinajstić information content (AvgIpc) is 2.74. The van der Waals surface area contributed by atoms with Gasteiger partial charge in [-0.3, -0.25) is 14.9 Å². The zero-order chi connectivity index (χ0) is 20.8. The van der Waals surface area contributed by atoms with E-state index < -0.39 is 4.92 Å². The van der Waals surface area contributed by atoms with Crippen LogP contribution in [-0.4, -0.2) is 47.8 Å². The summed E-state index contributed by atoms with van der Waals surface area (Å²) in [5.74, 6) is 0.0716. The molecule has 148 valence electrons. The highest BCUT2D eigenvalue weighted by molar-refractivity contribution is 6.12. The Kier molecular flexibility index (Phi) is 6.31. The molecule has 0 N–H and O–H groups in total. The molecule has 3 rings (SSSR count). The molecular formula is C22H22N4O3. The lowest BCUT2D eigenvalue weighted by molar-refractivity contribution is -0.384. The second kappa shape index (κ2) is 9.07. The molecule has 2 aromatic carbocycles. The number of carbonyl (C=O) groups is 1. The number of ketones is 1. The zero-order valence-electron chi connectivity index (χ0n) is 16.4. The van der Waals surface area contributed by atoms with Crippen molar-refractivity contribution < 1.29 is 9.72 Å². The molecule has 0 radical (unpaired) electrons. The minimum Gasteiger partial charge on any atom is -0.319 e. The van der Waals surface area contributed by atoms with Crippen LogP contribution in [0, 0.1) is 10.1 Å². The molecule has 0 fully saturated rings. The maximum absolute atomic E-state index is 13.2. The molecule has 0 saturated carbocycles. The minimum absolute atomic E-state index is 0.104. The van der Waals surface area contributed by atoms with E-state index in [9.17, 15) is 14.9 Å². The molecule has 1 heterocycles. The van der Waals surface area contributed by atoms with Crippen LogP contribution in [0.25, 0.3) is 0 Å². The van der Waals surface area contributed by atoms with Crippen molar-refractivity contribution in [3.63, 3.8) is 0 Å². The third-order valence-electron chi connectivity index (χ3n) is 4.46. The number of para-hydroxylation sites is 1. The molecule has 29 heavy (non-hydrogen) atoms. The summed E-state index contributed by atoms with van der Waals surface area (Å²) in [4.78, 5) is 32.3. The molecule has 0 aliphatic rings.